The molecule has 0 fully saturated rings. The van der Waals surface area contributed by atoms with Gasteiger partial charge in [0.1, 0.15) is 6.04 Å². The second-order valence-corrected chi connectivity index (χ2v) is 3.42. The van der Waals surface area contributed by atoms with Gasteiger partial charge in [-0.2, -0.15) is 0 Å². The molecular weight excluding hydrogens is 222 g/mol. The van der Waals surface area contributed by atoms with Gasteiger partial charge in [0.05, 0.1) is 13.5 Å². The Kier molecular flexibility index (Phi) is 5.09. The van der Waals surface area contributed by atoms with Gasteiger partial charge in [-0.15, -0.1) is 0 Å². The maximum atomic E-state index is 11.6. The van der Waals surface area contributed by atoms with E-state index in [2.05, 4.69) is 15.0 Å². The quantitative estimate of drug-likeness (QED) is 0.656. The van der Waals surface area contributed by atoms with Crippen LogP contribution in [0.15, 0.2) is 24.5 Å². The van der Waals surface area contributed by atoms with Gasteiger partial charge in [-0.3, -0.25) is 9.78 Å². The van der Waals surface area contributed by atoms with Crippen LogP contribution in [0, 0.1) is 0 Å². The van der Waals surface area contributed by atoms with Gasteiger partial charge in [-0.05, 0) is 11.6 Å². The van der Waals surface area contributed by atoms with E-state index >= 15 is 0 Å². The number of ether oxygens (including phenoxy) is 1. The van der Waals surface area contributed by atoms with Gasteiger partial charge < -0.3 is 15.8 Å². The molecule has 0 radical (unpaired) electrons. The Hall–Kier alpha value is -1.95. The summed E-state index contributed by atoms with van der Waals surface area (Å²) in [5.41, 5.74) is 6.13. The molecule has 92 valence electrons. The van der Waals surface area contributed by atoms with Gasteiger partial charge in [0.25, 0.3) is 0 Å². The number of methoxy groups -OCH3 is 1. The number of carbonyl (C=O) groups excluding carboxylic acids is 2. The van der Waals surface area contributed by atoms with Crippen molar-refractivity contribution in [2.45, 2.75) is 12.5 Å². The van der Waals surface area contributed by atoms with E-state index in [1.165, 1.54) is 7.11 Å². The highest BCUT2D eigenvalue weighted by Gasteiger charge is 2.19. The zero-order valence-corrected chi connectivity index (χ0v) is 9.55. The molecule has 17 heavy (non-hydrogen) atoms. The van der Waals surface area contributed by atoms with Crippen LogP contribution in [0.4, 0.5) is 0 Å². The van der Waals surface area contributed by atoms with Crippen LogP contribution in [-0.2, 0) is 20.7 Å². The molecule has 1 amide bonds. The van der Waals surface area contributed by atoms with Crippen molar-refractivity contribution in [1.29, 1.82) is 0 Å². The Bertz CT molecular complexity index is 381. The number of nitrogens with two attached hydrogens (primary N) is 1. The van der Waals surface area contributed by atoms with E-state index in [1.807, 2.05) is 0 Å². The lowest BCUT2D eigenvalue weighted by molar-refractivity contribution is -0.144. The number of pyridine rings is 1. The molecule has 0 spiro atoms. The lowest BCUT2D eigenvalue weighted by atomic mass is 10.2. The van der Waals surface area contributed by atoms with Crippen LogP contribution in [-0.4, -0.2) is 36.6 Å². The summed E-state index contributed by atoms with van der Waals surface area (Å²) in [6.45, 7) is 0.00541. The van der Waals surface area contributed by atoms with Crippen LogP contribution < -0.4 is 11.1 Å². The van der Waals surface area contributed by atoms with E-state index in [9.17, 15) is 9.59 Å². The Labute approximate surface area is 99.2 Å². The van der Waals surface area contributed by atoms with Crippen molar-refractivity contribution >= 4 is 11.9 Å². The fourth-order valence-corrected chi connectivity index (χ4v) is 1.29. The number of amides is 1. The Morgan fingerprint density at radius 2 is 2.35 bits per heavy atom. The van der Waals surface area contributed by atoms with E-state index < -0.39 is 12.0 Å². The monoisotopic (exact) mass is 237 g/mol. The zero-order valence-electron chi connectivity index (χ0n) is 9.55. The molecule has 0 aliphatic rings. The summed E-state index contributed by atoms with van der Waals surface area (Å²) in [6.07, 6.45) is 3.37. The third kappa shape index (κ3) is 4.20. The number of nitrogens with one attached hydrogen (secondary N) is 1. The molecule has 1 heterocycles. The highest BCUT2D eigenvalue weighted by atomic mass is 16.5. The molecule has 0 unspecified atom stereocenters. The first-order valence-electron chi connectivity index (χ1n) is 5.13. The summed E-state index contributed by atoms with van der Waals surface area (Å²) in [7, 11) is 1.25. The van der Waals surface area contributed by atoms with Crippen LogP contribution in [0.5, 0.6) is 0 Å². The molecule has 6 heteroatoms. The van der Waals surface area contributed by atoms with E-state index in [1.54, 1.807) is 24.5 Å². The van der Waals surface area contributed by atoms with Crippen LogP contribution in [0.25, 0.3) is 0 Å². The van der Waals surface area contributed by atoms with Crippen LogP contribution in [0.1, 0.15) is 5.56 Å². The Morgan fingerprint density at radius 3 is 2.88 bits per heavy atom. The third-order valence-electron chi connectivity index (χ3n) is 2.14. The zero-order chi connectivity index (χ0) is 12.7. The van der Waals surface area contributed by atoms with Gasteiger partial charge in [-0.25, -0.2) is 4.79 Å². The van der Waals surface area contributed by atoms with Gasteiger partial charge in [-0.1, -0.05) is 6.07 Å². The van der Waals surface area contributed by atoms with E-state index in [4.69, 9.17) is 5.73 Å². The standard InChI is InChI=1S/C11H15N3O3/c1-17-11(16)9(6-12)14-10(15)5-8-3-2-4-13-7-8/h2-4,7,9H,5-6,12H2,1H3,(H,14,15)/t9-/m0/s1. The molecule has 0 aliphatic carbocycles. The van der Waals surface area contributed by atoms with Crippen LogP contribution >= 0.6 is 0 Å². The van der Waals surface area contributed by atoms with Gasteiger partial charge in [0.15, 0.2) is 0 Å². The number of carbonyl (C=O) groups is 2. The fourth-order valence-electron chi connectivity index (χ4n) is 1.29. The topological polar surface area (TPSA) is 94.3 Å². The molecule has 0 saturated heterocycles. The molecule has 0 aliphatic heterocycles. The average molecular weight is 237 g/mol. The molecule has 0 saturated carbocycles. The summed E-state index contributed by atoms with van der Waals surface area (Å²) in [5, 5.41) is 2.50. The maximum Gasteiger partial charge on any atom is 0.329 e. The molecule has 1 aromatic rings. The molecule has 1 aromatic heterocycles. The summed E-state index contributed by atoms with van der Waals surface area (Å²) < 4.78 is 4.51. The molecular formula is C11H15N3O3. The summed E-state index contributed by atoms with van der Waals surface area (Å²) >= 11 is 0. The molecule has 3 N–H and O–H groups in total. The third-order valence-corrected chi connectivity index (χ3v) is 2.14. The maximum absolute atomic E-state index is 11.6. The number of hydrogen-bond acceptors (Lipinski definition) is 5. The Balaban J connectivity index is 2.51. The van der Waals surface area contributed by atoms with E-state index in [-0.39, 0.29) is 18.9 Å². The van der Waals surface area contributed by atoms with Crippen molar-refractivity contribution in [2.24, 2.45) is 5.73 Å². The minimum Gasteiger partial charge on any atom is -0.467 e. The summed E-state index contributed by atoms with van der Waals surface area (Å²) in [4.78, 5) is 26.7. The van der Waals surface area contributed by atoms with Crippen molar-refractivity contribution in [3.8, 4) is 0 Å². The van der Waals surface area contributed by atoms with Crippen molar-refractivity contribution in [3.63, 3.8) is 0 Å². The second-order valence-electron chi connectivity index (χ2n) is 3.42. The van der Waals surface area contributed by atoms with Crippen molar-refractivity contribution in [2.75, 3.05) is 13.7 Å². The summed E-state index contributed by atoms with van der Waals surface area (Å²) in [5.74, 6) is -0.842. The lowest BCUT2D eigenvalue weighted by Crippen LogP contribution is -2.46. The van der Waals surface area contributed by atoms with Gasteiger partial charge in [0, 0.05) is 18.9 Å². The first-order valence-corrected chi connectivity index (χ1v) is 5.13. The van der Waals surface area contributed by atoms with E-state index in [0.717, 1.165) is 5.56 Å². The number of aromatic nitrogens is 1. The normalized spacial score (nSPS) is 11.6. The van der Waals surface area contributed by atoms with Crippen molar-refractivity contribution in [1.82, 2.24) is 10.3 Å². The van der Waals surface area contributed by atoms with Gasteiger partial charge >= 0.3 is 5.97 Å². The number of hydrogen-bond donors (Lipinski definition) is 2. The predicted octanol–water partition coefficient (Wildman–Crippen LogP) is -0.759. The average Bonchev–Trinajstić information content (AvgIpc) is 2.36. The van der Waals surface area contributed by atoms with E-state index in [0.29, 0.717) is 0 Å². The number of nitrogens with zero attached hydrogens (tertiary/aromatic N) is 1. The summed E-state index contributed by atoms with van der Waals surface area (Å²) in [6, 6.07) is 2.72. The Morgan fingerprint density at radius 1 is 1.59 bits per heavy atom. The number of esters is 1. The highest BCUT2D eigenvalue weighted by Crippen LogP contribution is 1.97. The van der Waals surface area contributed by atoms with Crippen molar-refractivity contribution < 1.29 is 14.3 Å². The minimum atomic E-state index is -0.802. The van der Waals surface area contributed by atoms with Gasteiger partial charge in [0.2, 0.25) is 5.91 Å². The molecule has 0 bridgehead atoms. The fraction of sp³-hybridized carbons (Fsp3) is 0.364. The molecule has 1 atom stereocenters. The number of rotatable bonds is 5. The smallest absolute Gasteiger partial charge is 0.329 e. The first kappa shape index (κ1) is 13.1. The van der Waals surface area contributed by atoms with Crippen LogP contribution in [0.2, 0.25) is 0 Å². The van der Waals surface area contributed by atoms with Crippen LogP contribution in [0.3, 0.4) is 0 Å². The SMILES string of the molecule is COC(=O)[C@H](CN)NC(=O)Cc1cccnc1. The predicted molar refractivity (Wildman–Crippen MR) is 60.9 cm³/mol. The van der Waals surface area contributed by atoms with Crippen molar-refractivity contribution in [3.05, 3.63) is 30.1 Å². The minimum absolute atomic E-state index is 0.00541. The highest BCUT2D eigenvalue weighted by molar-refractivity contribution is 5.85. The first-order chi connectivity index (χ1) is 8.17. The molecule has 1 rings (SSSR count). The second kappa shape index (κ2) is 6.59. The molecule has 0 aromatic carbocycles. The largest absolute Gasteiger partial charge is 0.467 e. The molecule has 6 nitrogen and oxygen atoms in total. The lowest BCUT2D eigenvalue weighted by Gasteiger charge is -2.14.